The molecular weight excluding hydrogens is 227 g/mol. The maximum absolute atomic E-state index is 12.9. The van der Waals surface area contributed by atoms with Gasteiger partial charge in [0.2, 0.25) is 0 Å². The molecule has 5 nitrogen and oxygen atoms in total. The van der Waals surface area contributed by atoms with Crippen LogP contribution in [-0.4, -0.2) is 33.3 Å². The van der Waals surface area contributed by atoms with E-state index in [1.807, 2.05) is 0 Å². The van der Waals surface area contributed by atoms with Crippen molar-refractivity contribution < 1.29 is 19.4 Å². The third-order valence-electron chi connectivity index (χ3n) is 2.95. The largest absolute Gasteiger partial charge is 0.478 e. The molecule has 1 aromatic heterocycles. The number of aliphatic hydroxyl groups is 1. The van der Waals surface area contributed by atoms with Crippen LogP contribution < -0.4 is 5.32 Å². The Hall–Kier alpha value is -1.69. The predicted molar refractivity (Wildman–Crippen MR) is 58.4 cm³/mol. The van der Waals surface area contributed by atoms with Gasteiger partial charge in [-0.3, -0.25) is 0 Å². The summed E-state index contributed by atoms with van der Waals surface area (Å²) < 4.78 is 12.9. The van der Waals surface area contributed by atoms with Crippen molar-refractivity contribution in [1.29, 1.82) is 0 Å². The summed E-state index contributed by atoms with van der Waals surface area (Å²) in [6, 6.07) is 0.905. The lowest BCUT2D eigenvalue weighted by atomic mass is 9.80. The highest BCUT2D eigenvalue weighted by Gasteiger charge is 2.34. The zero-order chi connectivity index (χ0) is 12.5. The first-order valence-corrected chi connectivity index (χ1v) is 5.35. The number of aromatic nitrogens is 1. The van der Waals surface area contributed by atoms with Crippen molar-refractivity contribution in [2.75, 3.05) is 11.9 Å². The van der Waals surface area contributed by atoms with Crippen molar-refractivity contribution in [3.05, 3.63) is 23.6 Å². The van der Waals surface area contributed by atoms with Gasteiger partial charge in [-0.05, 0) is 25.3 Å². The second-order valence-corrected chi connectivity index (χ2v) is 4.29. The van der Waals surface area contributed by atoms with Crippen LogP contribution in [-0.2, 0) is 0 Å². The van der Waals surface area contributed by atoms with E-state index in [1.54, 1.807) is 0 Å². The van der Waals surface area contributed by atoms with E-state index in [1.165, 1.54) is 0 Å². The van der Waals surface area contributed by atoms with Gasteiger partial charge in [-0.2, -0.15) is 0 Å². The molecule has 1 saturated carbocycles. The molecule has 0 atom stereocenters. The number of halogens is 1. The first-order valence-electron chi connectivity index (χ1n) is 5.35. The fourth-order valence-corrected chi connectivity index (χ4v) is 1.75. The van der Waals surface area contributed by atoms with E-state index in [0.29, 0.717) is 12.8 Å². The molecule has 1 aliphatic rings. The number of hydrogen-bond donors (Lipinski definition) is 3. The molecular formula is C11H13FN2O3. The smallest absolute Gasteiger partial charge is 0.339 e. The fraction of sp³-hybridized carbons (Fsp3) is 0.455. The van der Waals surface area contributed by atoms with Gasteiger partial charge in [-0.1, -0.05) is 0 Å². The predicted octanol–water partition coefficient (Wildman–Crippen LogP) is 1.25. The van der Waals surface area contributed by atoms with Crippen molar-refractivity contribution in [2.45, 2.75) is 24.9 Å². The SMILES string of the molecule is O=C(O)c1cc(F)cnc1NCC1(O)CCC1. The van der Waals surface area contributed by atoms with E-state index in [-0.39, 0.29) is 17.9 Å². The second-order valence-electron chi connectivity index (χ2n) is 4.29. The average Bonchev–Trinajstić information content (AvgIpc) is 2.24. The summed E-state index contributed by atoms with van der Waals surface area (Å²) in [4.78, 5) is 14.6. The van der Waals surface area contributed by atoms with Gasteiger partial charge in [0, 0.05) is 6.54 Å². The summed E-state index contributed by atoms with van der Waals surface area (Å²) in [5, 5.41) is 21.5. The number of rotatable bonds is 4. The molecule has 0 unspecified atom stereocenters. The molecule has 17 heavy (non-hydrogen) atoms. The number of nitrogens with one attached hydrogen (secondary N) is 1. The minimum atomic E-state index is -1.25. The highest BCUT2D eigenvalue weighted by Crippen LogP contribution is 2.31. The van der Waals surface area contributed by atoms with Crippen molar-refractivity contribution in [1.82, 2.24) is 4.98 Å². The Kier molecular flexibility index (Phi) is 2.97. The lowest BCUT2D eigenvalue weighted by molar-refractivity contribution is -0.0202. The quantitative estimate of drug-likeness (QED) is 0.737. The molecule has 2 rings (SSSR count). The average molecular weight is 240 g/mol. The third-order valence-corrected chi connectivity index (χ3v) is 2.95. The van der Waals surface area contributed by atoms with Crippen LogP contribution in [0.2, 0.25) is 0 Å². The molecule has 0 radical (unpaired) electrons. The zero-order valence-corrected chi connectivity index (χ0v) is 9.11. The molecule has 6 heteroatoms. The highest BCUT2D eigenvalue weighted by molar-refractivity contribution is 5.93. The summed E-state index contributed by atoms with van der Waals surface area (Å²) in [6.07, 6.45) is 3.27. The van der Waals surface area contributed by atoms with Crippen LogP contribution in [0, 0.1) is 5.82 Å². The normalized spacial score (nSPS) is 17.3. The number of carboxylic acids is 1. The number of carbonyl (C=O) groups is 1. The first kappa shape index (κ1) is 11.8. The summed E-state index contributed by atoms with van der Waals surface area (Å²) in [5.41, 5.74) is -1.01. The molecule has 1 fully saturated rings. The van der Waals surface area contributed by atoms with Crippen molar-refractivity contribution in [3.8, 4) is 0 Å². The van der Waals surface area contributed by atoms with E-state index >= 15 is 0 Å². The molecule has 1 aliphatic carbocycles. The van der Waals surface area contributed by atoms with Crippen LogP contribution >= 0.6 is 0 Å². The second kappa shape index (κ2) is 4.29. The maximum Gasteiger partial charge on any atom is 0.339 e. The molecule has 92 valence electrons. The van der Waals surface area contributed by atoms with Gasteiger partial charge in [0.1, 0.15) is 17.2 Å². The monoisotopic (exact) mass is 240 g/mol. The van der Waals surface area contributed by atoms with Gasteiger partial charge in [-0.15, -0.1) is 0 Å². The molecule has 1 aromatic rings. The van der Waals surface area contributed by atoms with Crippen LogP contribution in [0.3, 0.4) is 0 Å². The molecule has 0 aliphatic heterocycles. The van der Waals surface area contributed by atoms with Gasteiger partial charge in [0.15, 0.2) is 0 Å². The Balaban J connectivity index is 2.12. The summed E-state index contributed by atoms with van der Waals surface area (Å²) in [5.74, 6) is -1.87. The number of hydrogen-bond acceptors (Lipinski definition) is 4. The fourth-order valence-electron chi connectivity index (χ4n) is 1.75. The van der Waals surface area contributed by atoms with E-state index in [0.717, 1.165) is 18.7 Å². The van der Waals surface area contributed by atoms with Gasteiger partial charge in [0.25, 0.3) is 0 Å². The van der Waals surface area contributed by atoms with E-state index < -0.39 is 17.4 Å². The van der Waals surface area contributed by atoms with Gasteiger partial charge in [0.05, 0.1) is 11.8 Å². The maximum atomic E-state index is 12.9. The van der Waals surface area contributed by atoms with Crippen molar-refractivity contribution in [3.63, 3.8) is 0 Å². The first-order chi connectivity index (χ1) is 8.00. The van der Waals surface area contributed by atoms with Gasteiger partial charge in [-0.25, -0.2) is 14.2 Å². The Bertz CT molecular complexity index is 446. The number of pyridine rings is 1. The zero-order valence-electron chi connectivity index (χ0n) is 9.11. The van der Waals surface area contributed by atoms with E-state index in [4.69, 9.17) is 5.11 Å². The highest BCUT2D eigenvalue weighted by atomic mass is 19.1. The third kappa shape index (κ3) is 2.52. The van der Waals surface area contributed by atoms with Crippen LogP contribution in [0.4, 0.5) is 10.2 Å². The van der Waals surface area contributed by atoms with Crippen molar-refractivity contribution in [2.24, 2.45) is 0 Å². The number of aromatic carboxylic acids is 1. The number of carboxylic acid groups (broad SMARTS) is 1. The van der Waals surface area contributed by atoms with Gasteiger partial charge >= 0.3 is 5.97 Å². The minimum absolute atomic E-state index is 0.0826. The summed E-state index contributed by atoms with van der Waals surface area (Å²) in [6.45, 7) is 0.228. The Morgan fingerprint density at radius 1 is 1.59 bits per heavy atom. The van der Waals surface area contributed by atoms with Crippen LogP contribution in [0.15, 0.2) is 12.3 Å². The van der Waals surface area contributed by atoms with Gasteiger partial charge < -0.3 is 15.5 Å². The van der Waals surface area contributed by atoms with Crippen LogP contribution in [0.25, 0.3) is 0 Å². The molecule has 0 amide bonds. The van der Waals surface area contributed by atoms with E-state index in [2.05, 4.69) is 10.3 Å². The minimum Gasteiger partial charge on any atom is -0.478 e. The summed E-state index contributed by atoms with van der Waals surface area (Å²) in [7, 11) is 0. The molecule has 1 heterocycles. The topological polar surface area (TPSA) is 82.5 Å². The molecule has 0 spiro atoms. The lowest BCUT2D eigenvalue weighted by Crippen LogP contribution is -2.43. The Morgan fingerprint density at radius 3 is 2.82 bits per heavy atom. The Morgan fingerprint density at radius 2 is 2.29 bits per heavy atom. The standard InChI is InChI=1S/C11H13FN2O3/c12-7-4-8(10(15)16)9(13-5-7)14-6-11(17)2-1-3-11/h4-5,17H,1-3,6H2,(H,13,14)(H,15,16). The Labute approximate surface area is 97.3 Å². The molecule has 0 bridgehead atoms. The van der Waals surface area contributed by atoms with Crippen molar-refractivity contribution >= 4 is 11.8 Å². The number of anilines is 1. The van der Waals surface area contributed by atoms with Crippen LogP contribution in [0.1, 0.15) is 29.6 Å². The van der Waals surface area contributed by atoms with Crippen LogP contribution in [0.5, 0.6) is 0 Å². The molecule has 3 N–H and O–H groups in total. The summed E-state index contributed by atoms with van der Waals surface area (Å²) >= 11 is 0. The van der Waals surface area contributed by atoms with E-state index in [9.17, 15) is 14.3 Å². The lowest BCUT2D eigenvalue weighted by Gasteiger charge is -2.36. The molecule has 0 saturated heterocycles. The molecule has 0 aromatic carbocycles. The number of nitrogens with zero attached hydrogens (tertiary/aromatic N) is 1.